The van der Waals surface area contributed by atoms with Gasteiger partial charge < -0.3 is 14.6 Å². The first kappa shape index (κ1) is 20.2. The number of amides is 1. The molecule has 0 unspecified atom stereocenters. The van der Waals surface area contributed by atoms with Crippen LogP contribution < -0.4 is 10.1 Å². The van der Waals surface area contributed by atoms with E-state index >= 15 is 0 Å². The molecule has 2 aromatic heterocycles. The van der Waals surface area contributed by atoms with Gasteiger partial charge in [0.2, 0.25) is 0 Å². The van der Waals surface area contributed by atoms with E-state index in [-0.39, 0.29) is 28.6 Å². The number of fused-ring (bicyclic) bond motifs is 1. The summed E-state index contributed by atoms with van der Waals surface area (Å²) in [6.07, 6.45) is -1.94. The summed E-state index contributed by atoms with van der Waals surface area (Å²) in [5.74, 6) is -0.146. The average Bonchev–Trinajstić information content (AvgIpc) is 3.49. The molecule has 1 saturated carbocycles. The summed E-state index contributed by atoms with van der Waals surface area (Å²) in [6.45, 7) is 3.87. The quantitative estimate of drug-likeness (QED) is 0.573. The summed E-state index contributed by atoms with van der Waals surface area (Å²) >= 11 is 0. The molecule has 0 aliphatic heterocycles. The Labute approximate surface area is 170 Å². The maximum absolute atomic E-state index is 13.2. The highest BCUT2D eigenvalue weighted by Gasteiger charge is 2.32. The van der Waals surface area contributed by atoms with Crippen molar-refractivity contribution in [1.82, 2.24) is 10.1 Å². The van der Waals surface area contributed by atoms with E-state index in [1.54, 1.807) is 13.0 Å². The maximum atomic E-state index is 13.2. The number of carbonyl (C=O) groups is 1. The lowest BCUT2D eigenvalue weighted by Crippen LogP contribution is -2.16. The van der Waals surface area contributed by atoms with E-state index in [9.17, 15) is 18.0 Å². The van der Waals surface area contributed by atoms with Crippen LogP contribution >= 0.6 is 0 Å². The van der Waals surface area contributed by atoms with E-state index in [2.05, 4.69) is 15.5 Å². The molecule has 0 spiro atoms. The summed E-state index contributed by atoms with van der Waals surface area (Å²) in [5.41, 5.74) is 0.788. The number of nitrogens with one attached hydrogen (secondary N) is 1. The molecule has 3 aromatic rings. The molecular weight excluding hydrogens is 399 g/mol. The summed E-state index contributed by atoms with van der Waals surface area (Å²) < 4.78 is 50.4. The molecule has 1 amide bonds. The first-order valence-electron chi connectivity index (χ1n) is 9.70. The fraction of sp³-hybridized carbons (Fsp3) is 0.381. The summed E-state index contributed by atoms with van der Waals surface area (Å²) in [4.78, 5) is 17.5. The van der Waals surface area contributed by atoms with Crippen molar-refractivity contribution in [2.45, 2.75) is 45.2 Å². The van der Waals surface area contributed by atoms with Gasteiger partial charge in [0.1, 0.15) is 5.75 Å². The van der Waals surface area contributed by atoms with Crippen molar-refractivity contribution in [2.75, 3.05) is 11.9 Å². The molecule has 1 aliphatic rings. The Morgan fingerprint density at radius 2 is 2.07 bits per heavy atom. The number of hydrogen-bond acceptors (Lipinski definition) is 5. The summed E-state index contributed by atoms with van der Waals surface area (Å²) in [5, 5.41) is 6.91. The number of carbonyl (C=O) groups excluding carboxylic acids is 1. The molecule has 6 nitrogen and oxygen atoms in total. The SMILES string of the molecule is CCCOc1ccc(C(F)(F)F)cc1NC(=O)c1cc(C2CC2)nc2onc(C)c12. The van der Waals surface area contributed by atoms with Gasteiger partial charge in [-0.05, 0) is 50.5 Å². The predicted molar refractivity (Wildman–Crippen MR) is 104 cm³/mol. The molecule has 0 bridgehead atoms. The maximum Gasteiger partial charge on any atom is 0.416 e. The third kappa shape index (κ3) is 3.96. The number of pyridine rings is 1. The molecule has 2 heterocycles. The van der Waals surface area contributed by atoms with E-state index in [0.717, 1.165) is 30.7 Å². The number of halogens is 3. The van der Waals surface area contributed by atoms with Crippen LogP contribution in [0.2, 0.25) is 0 Å². The molecule has 4 rings (SSSR count). The van der Waals surface area contributed by atoms with Crippen LogP contribution in [0, 0.1) is 6.92 Å². The molecule has 158 valence electrons. The van der Waals surface area contributed by atoms with Gasteiger partial charge in [0.25, 0.3) is 11.6 Å². The normalized spacial score (nSPS) is 14.2. The van der Waals surface area contributed by atoms with E-state index in [1.807, 2.05) is 6.92 Å². The van der Waals surface area contributed by atoms with Crippen molar-refractivity contribution in [2.24, 2.45) is 0 Å². The highest BCUT2D eigenvalue weighted by molar-refractivity contribution is 6.12. The average molecular weight is 419 g/mol. The minimum atomic E-state index is -4.54. The zero-order valence-corrected chi connectivity index (χ0v) is 16.5. The Balaban J connectivity index is 1.74. The topological polar surface area (TPSA) is 77.2 Å². The number of ether oxygens (including phenoxy) is 1. The van der Waals surface area contributed by atoms with Crippen LogP contribution in [0.3, 0.4) is 0 Å². The second-order valence-corrected chi connectivity index (χ2v) is 7.33. The molecule has 9 heteroatoms. The van der Waals surface area contributed by atoms with Crippen molar-refractivity contribution in [3.05, 3.63) is 46.8 Å². The Hall–Kier alpha value is -3.10. The fourth-order valence-electron chi connectivity index (χ4n) is 3.21. The summed E-state index contributed by atoms with van der Waals surface area (Å²) in [7, 11) is 0. The van der Waals surface area contributed by atoms with Crippen LogP contribution in [0.15, 0.2) is 28.8 Å². The van der Waals surface area contributed by atoms with Gasteiger partial charge in [-0.25, -0.2) is 4.98 Å². The van der Waals surface area contributed by atoms with Crippen molar-refractivity contribution >= 4 is 22.7 Å². The van der Waals surface area contributed by atoms with Gasteiger partial charge in [0.15, 0.2) is 0 Å². The van der Waals surface area contributed by atoms with Gasteiger partial charge in [-0.3, -0.25) is 4.79 Å². The molecule has 1 N–H and O–H groups in total. The predicted octanol–water partition coefficient (Wildman–Crippen LogP) is 5.47. The Kier molecular flexibility index (Phi) is 5.13. The van der Waals surface area contributed by atoms with Crippen LogP contribution in [0.25, 0.3) is 11.1 Å². The fourth-order valence-corrected chi connectivity index (χ4v) is 3.21. The lowest BCUT2D eigenvalue weighted by Gasteiger charge is -2.15. The van der Waals surface area contributed by atoms with Gasteiger partial charge in [0.05, 0.1) is 34.5 Å². The van der Waals surface area contributed by atoms with Crippen molar-refractivity contribution < 1.29 is 27.2 Å². The smallest absolute Gasteiger partial charge is 0.416 e. The van der Waals surface area contributed by atoms with Crippen LogP contribution in [0.5, 0.6) is 5.75 Å². The number of anilines is 1. The minimum absolute atomic E-state index is 0.0460. The first-order chi connectivity index (χ1) is 14.3. The number of alkyl halides is 3. The monoisotopic (exact) mass is 419 g/mol. The van der Waals surface area contributed by atoms with Crippen LogP contribution in [0.4, 0.5) is 18.9 Å². The van der Waals surface area contributed by atoms with Gasteiger partial charge in [-0.1, -0.05) is 12.1 Å². The van der Waals surface area contributed by atoms with Crippen LogP contribution in [-0.4, -0.2) is 22.7 Å². The van der Waals surface area contributed by atoms with Crippen molar-refractivity contribution in [3.63, 3.8) is 0 Å². The Morgan fingerprint density at radius 1 is 1.30 bits per heavy atom. The lowest BCUT2D eigenvalue weighted by atomic mass is 10.1. The van der Waals surface area contributed by atoms with E-state index in [1.165, 1.54) is 6.07 Å². The van der Waals surface area contributed by atoms with Crippen molar-refractivity contribution in [1.29, 1.82) is 0 Å². The molecule has 1 aliphatic carbocycles. The standard InChI is InChI=1S/C21H20F3N3O3/c1-3-8-29-17-7-6-13(21(22,23)24)9-16(17)25-19(28)14-10-15(12-4-5-12)26-20-18(14)11(2)27-30-20/h6-7,9-10,12H,3-5,8H2,1-2H3,(H,25,28). The number of rotatable bonds is 6. The third-order valence-electron chi connectivity index (χ3n) is 4.89. The van der Waals surface area contributed by atoms with E-state index < -0.39 is 17.6 Å². The third-order valence-corrected chi connectivity index (χ3v) is 4.89. The van der Waals surface area contributed by atoms with Gasteiger partial charge in [-0.15, -0.1) is 0 Å². The molecule has 0 saturated heterocycles. The number of nitrogens with zero attached hydrogens (tertiary/aromatic N) is 2. The highest BCUT2D eigenvalue weighted by Crippen LogP contribution is 2.41. The van der Waals surface area contributed by atoms with Crippen molar-refractivity contribution in [3.8, 4) is 5.75 Å². The molecule has 1 aromatic carbocycles. The first-order valence-corrected chi connectivity index (χ1v) is 9.70. The molecule has 0 atom stereocenters. The highest BCUT2D eigenvalue weighted by atomic mass is 19.4. The summed E-state index contributed by atoms with van der Waals surface area (Å²) in [6, 6.07) is 4.69. The molecule has 1 fully saturated rings. The van der Waals surface area contributed by atoms with Gasteiger partial charge in [-0.2, -0.15) is 13.2 Å². The molecule has 0 radical (unpaired) electrons. The van der Waals surface area contributed by atoms with Crippen LogP contribution in [-0.2, 0) is 6.18 Å². The number of hydrogen-bond donors (Lipinski definition) is 1. The van der Waals surface area contributed by atoms with Gasteiger partial charge in [0, 0.05) is 11.6 Å². The lowest BCUT2D eigenvalue weighted by molar-refractivity contribution is -0.137. The Bertz CT molecular complexity index is 1100. The van der Waals surface area contributed by atoms with Crippen LogP contribution in [0.1, 0.15) is 59.4 Å². The number of aryl methyl sites for hydroxylation is 1. The largest absolute Gasteiger partial charge is 0.491 e. The van der Waals surface area contributed by atoms with Gasteiger partial charge >= 0.3 is 6.18 Å². The second-order valence-electron chi connectivity index (χ2n) is 7.33. The van der Waals surface area contributed by atoms with E-state index in [4.69, 9.17) is 9.26 Å². The zero-order valence-electron chi connectivity index (χ0n) is 16.5. The number of benzene rings is 1. The van der Waals surface area contributed by atoms with E-state index in [0.29, 0.717) is 24.1 Å². The Morgan fingerprint density at radius 3 is 2.73 bits per heavy atom. The zero-order chi connectivity index (χ0) is 21.5. The second kappa shape index (κ2) is 7.62. The minimum Gasteiger partial charge on any atom is -0.491 e. The molecule has 30 heavy (non-hydrogen) atoms. The number of aromatic nitrogens is 2. The molecular formula is C21H20F3N3O3.